The van der Waals surface area contributed by atoms with Gasteiger partial charge in [-0.25, -0.2) is 9.18 Å². The van der Waals surface area contributed by atoms with Crippen LogP contribution in [-0.2, 0) is 4.74 Å². The molecule has 2 aromatic heterocycles. The zero-order valence-corrected chi connectivity index (χ0v) is 27.3. The van der Waals surface area contributed by atoms with Crippen LogP contribution in [-0.4, -0.2) is 86.9 Å². The van der Waals surface area contributed by atoms with Crippen LogP contribution in [0.2, 0.25) is 0 Å². The van der Waals surface area contributed by atoms with E-state index in [4.69, 9.17) is 25.2 Å². The molecule has 4 aliphatic heterocycles. The molecule has 0 radical (unpaired) electrons. The maximum absolute atomic E-state index is 16.8. The molecule has 6 heterocycles. The Hall–Kier alpha value is -4.25. The molecule has 47 heavy (non-hydrogen) atoms. The van der Waals surface area contributed by atoms with Gasteiger partial charge in [-0.15, -0.1) is 0 Å². The summed E-state index contributed by atoms with van der Waals surface area (Å²) < 4.78 is 29.0. The number of aromatic nitrogens is 3. The first-order valence-corrected chi connectivity index (χ1v) is 16.9. The van der Waals surface area contributed by atoms with Crippen LogP contribution in [0.5, 0.6) is 6.01 Å². The predicted molar refractivity (Wildman–Crippen MR) is 180 cm³/mol. The molecule has 4 aromatic rings. The normalized spacial score (nSPS) is 22.3. The highest BCUT2D eigenvalue weighted by Gasteiger charge is 2.46. The highest BCUT2D eigenvalue weighted by atomic mass is 19.1. The smallest absolute Gasteiger partial charge is 0.410 e. The number of nitrogens with zero attached hydrogens (tertiary/aromatic N) is 6. The van der Waals surface area contributed by atoms with Crippen molar-refractivity contribution in [2.45, 2.75) is 82.5 Å². The fourth-order valence-corrected chi connectivity index (χ4v) is 8.39. The quantitative estimate of drug-likeness (QED) is 0.257. The monoisotopic (exact) mass is 639 g/mol. The lowest BCUT2D eigenvalue weighted by atomic mass is 9.95. The molecule has 11 heteroatoms. The number of nitrogens with two attached hydrogens (primary N) is 1. The van der Waals surface area contributed by atoms with Gasteiger partial charge in [0.05, 0.1) is 23.0 Å². The minimum atomic E-state index is -0.577. The summed E-state index contributed by atoms with van der Waals surface area (Å²) in [6.45, 7) is 9.37. The maximum Gasteiger partial charge on any atom is 0.410 e. The zero-order valence-electron chi connectivity index (χ0n) is 27.3. The van der Waals surface area contributed by atoms with Gasteiger partial charge >= 0.3 is 12.1 Å². The summed E-state index contributed by atoms with van der Waals surface area (Å²) in [5.74, 6) is 0.0389. The van der Waals surface area contributed by atoms with Crippen LogP contribution in [0.3, 0.4) is 0 Å². The second-order valence-corrected chi connectivity index (χ2v) is 14.7. The first-order chi connectivity index (χ1) is 22.6. The van der Waals surface area contributed by atoms with Gasteiger partial charge in [0.1, 0.15) is 29.2 Å². The number of piperazine rings is 1. The molecule has 4 saturated heterocycles. The number of carbonyl (C=O) groups is 1. The van der Waals surface area contributed by atoms with Gasteiger partial charge in [-0.1, -0.05) is 24.3 Å². The summed E-state index contributed by atoms with van der Waals surface area (Å²) >= 11 is 0. The van der Waals surface area contributed by atoms with Crippen LogP contribution in [0.4, 0.5) is 20.7 Å². The minimum Gasteiger partial charge on any atom is -0.461 e. The Labute approximate surface area is 274 Å². The Balaban J connectivity index is 1.20. The van der Waals surface area contributed by atoms with Crippen molar-refractivity contribution in [2.24, 2.45) is 0 Å². The number of hydrogen-bond donors (Lipinski definition) is 1. The molecular weight excluding hydrogens is 597 g/mol. The van der Waals surface area contributed by atoms with E-state index in [1.54, 1.807) is 12.3 Å². The number of benzene rings is 2. The molecule has 10 nitrogen and oxygen atoms in total. The highest BCUT2D eigenvalue weighted by Crippen LogP contribution is 2.41. The molecule has 8 rings (SSSR count). The molecular formula is C36H42FN7O3. The zero-order chi connectivity index (χ0) is 32.5. The van der Waals surface area contributed by atoms with E-state index in [0.29, 0.717) is 42.2 Å². The Morgan fingerprint density at radius 1 is 1.04 bits per heavy atom. The number of ether oxygens (including phenoxy) is 2. The fraction of sp³-hybridized carbons (Fsp3) is 0.500. The summed E-state index contributed by atoms with van der Waals surface area (Å²) in [7, 11) is 0. The number of pyridine rings is 1. The number of halogens is 1. The highest BCUT2D eigenvalue weighted by molar-refractivity contribution is 6.00. The van der Waals surface area contributed by atoms with Crippen LogP contribution in [0.1, 0.15) is 59.3 Å². The van der Waals surface area contributed by atoms with Crippen molar-refractivity contribution >= 4 is 39.3 Å². The Morgan fingerprint density at radius 2 is 1.77 bits per heavy atom. The molecule has 0 aliphatic carbocycles. The standard InChI is InChI=1S/C36H42FN7O3/c1-35(2,3)47-34(45)44-24-10-11-25(44)20-42(19-24)32-28-18-39-30(27-17-23(38)16-22-8-4-5-9-26(22)27)29(37)31(28)40-33(41-32)46-21-36-12-6-14-43(36)15-7-13-36/h4-5,8-9,16-18,24-25H,6-7,10-15,19-21,38H2,1-3H3. The lowest BCUT2D eigenvalue weighted by molar-refractivity contribution is 0.0122. The van der Waals surface area contributed by atoms with Crippen molar-refractivity contribution in [1.82, 2.24) is 24.8 Å². The number of nitrogen functional groups attached to an aromatic ring is 1. The second-order valence-electron chi connectivity index (χ2n) is 14.7. The van der Waals surface area contributed by atoms with Crippen LogP contribution in [0.15, 0.2) is 42.6 Å². The fourth-order valence-electron chi connectivity index (χ4n) is 8.39. The third-order valence-corrected chi connectivity index (χ3v) is 10.4. The number of hydrogen-bond acceptors (Lipinski definition) is 9. The van der Waals surface area contributed by atoms with Crippen molar-refractivity contribution in [1.29, 1.82) is 0 Å². The van der Waals surface area contributed by atoms with E-state index in [0.717, 1.165) is 62.4 Å². The van der Waals surface area contributed by atoms with Gasteiger partial charge in [-0.2, -0.15) is 9.97 Å². The average molecular weight is 640 g/mol. The molecule has 1 amide bonds. The van der Waals surface area contributed by atoms with E-state index < -0.39 is 11.4 Å². The van der Waals surface area contributed by atoms with Gasteiger partial charge in [0.2, 0.25) is 0 Å². The first kappa shape index (κ1) is 30.1. The molecule has 0 spiro atoms. The van der Waals surface area contributed by atoms with Gasteiger partial charge in [0.25, 0.3) is 0 Å². The van der Waals surface area contributed by atoms with Gasteiger partial charge in [0, 0.05) is 30.5 Å². The van der Waals surface area contributed by atoms with Crippen molar-refractivity contribution in [3.8, 4) is 17.3 Å². The summed E-state index contributed by atoms with van der Waals surface area (Å²) in [4.78, 5) is 34.1. The lowest BCUT2D eigenvalue weighted by Gasteiger charge is -2.42. The van der Waals surface area contributed by atoms with Crippen molar-refractivity contribution < 1.29 is 18.7 Å². The molecule has 0 saturated carbocycles. The largest absolute Gasteiger partial charge is 0.461 e. The average Bonchev–Trinajstić information content (AvgIpc) is 3.69. The topological polar surface area (TPSA) is 110 Å². The first-order valence-electron chi connectivity index (χ1n) is 16.9. The molecule has 2 atom stereocenters. The summed E-state index contributed by atoms with van der Waals surface area (Å²) in [6.07, 6.45) is 7.56. The van der Waals surface area contributed by atoms with Crippen LogP contribution < -0.4 is 15.4 Å². The van der Waals surface area contributed by atoms with E-state index in [9.17, 15) is 4.79 Å². The lowest BCUT2D eigenvalue weighted by Crippen LogP contribution is -2.57. The van der Waals surface area contributed by atoms with Crippen molar-refractivity contribution in [3.63, 3.8) is 0 Å². The molecule has 4 fully saturated rings. The van der Waals surface area contributed by atoms with Crippen LogP contribution >= 0.6 is 0 Å². The summed E-state index contributed by atoms with van der Waals surface area (Å²) in [5, 5.41) is 2.28. The number of carbonyl (C=O) groups excluding carboxylic acids is 1. The molecule has 246 valence electrons. The SMILES string of the molecule is CC(C)(C)OC(=O)N1C2CCC1CN(c1nc(OCC34CCCN3CCC4)nc3c(F)c(-c4cc(N)cc5ccccc45)ncc13)C2. The maximum atomic E-state index is 16.8. The molecule has 2 aromatic carbocycles. The Bertz CT molecular complexity index is 1850. The van der Waals surface area contributed by atoms with Gasteiger partial charge in [0.15, 0.2) is 5.82 Å². The Kier molecular flexibility index (Phi) is 7.16. The van der Waals surface area contributed by atoms with Gasteiger partial charge in [-0.3, -0.25) is 14.8 Å². The summed E-state index contributed by atoms with van der Waals surface area (Å²) in [5.41, 5.74) is 7.16. The summed E-state index contributed by atoms with van der Waals surface area (Å²) in [6, 6.07) is 11.5. The van der Waals surface area contributed by atoms with Crippen LogP contribution in [0, 0.1) is 5.82 Å². The molecule has 2 bridgehead atoms. The minimum absolute atomic E-state index is 0.0148. The van der Waals surface area contributed by atoms with E-state index in [-0.39, 0.29) is 40.9 Å². The third kappa shape index (κ3) is 5.28. The second kappa shape index (κ2) is 11.2. The van der Waals surface area contributed by atoms with E-state index in [1.165, 1.54) is 0 Å². The van der Waals surface area contributed by atoms with E-state index >= 15 is 4.39 Å². The van der Waals surface area contributed by atoms with Gasteiger partial charge < -0.3 is 20.1 Å². The third-order valence-electron chi connectivity index (χ3n) is 10.4. The van der Waals surface area contributed by atoms with E-state index in [1.807, 2.05) is 56.0 Å². The Morgan fingerprint density at radius 3 is 2.49 bits per heavy atom. The number of rotatable bonds is 5. The molecule has 4 aliphatic rings. The predicted octanol–water partition coefficient (Wildman–Crippen LogP) is 6.16. The number of fused-ring (bicyclic) bond motifs is 5. The van der Waals surface area contributed by atoms with Gasteiger partial charge in [-0.05, 0) is 95.3 Å². The van der Waals surface area contributed by atoms with Crippen molar-refractivity contribution in [3.05, 3.63) is 48.4 Å². The van der Waals surface area contributed by atoms with Crippen molar-refractivity contribution in [2.75, 3.05) is 43.4 Å². The number of anilines is 2. The van der Waals surface area contributed by atoms with Crippen LogP contribution in [0.25, 0.3) is 32.9 Å². The molecule has 2 N–H and O–H groups in total. The number of amides is 1. The molecule has 2 unspecified atom stereocenters. The van der Waals surface area contributed by atoms with E-state index in [2.05, 4.69) is 14.8 Å².